The van der Waals surface area contributed by atoms with Crippen LogP contribution in [0.4, 0.5) is 0 Å². The molecule has 1 amide bonds. The standard InChI is InChI=1S/C14H22N4OS/c1-10-5-8-17-13(18-10)20-9-6-11-4-3-7-14(11,16-2)12(15)19/h5,8,11,16H,3-4,6-7,9H2,1-2H3,(H2,15,19). The smallest absolute Gasteiger partial charge is 0.238 e. The van der Waals surface area contributed by atoms with Crippen molar-refractivity contribution in [2.45, 2.75) is 43.3 Å². The van der Waals surface area contributed by atoms with E-state index in [1.54, 1.807) is 18.0 Å². The van der Waals surface area contributed by atoms with E-state index in [0.29, 0.717) is 5.92 Å². The number of aryl methyl sites for hydroxylation is 1. The SMILES string of the molecule is CNC1(C(N)=O)CCCC1CCSc1nccc(C)n1. The summed E-state index contributed by atoms with van der Waals surface area (Å²) in [4.78, 5) is 20.4. The number of nitrogens with one attached hydrogen (secondary N) is 1. The molecule has 2 rings (SSSR count). The third-order valence-corrected chi connectivity index (χ3v) is 5.07. The van der Waals surface area contributed by atoms with Crippen LogP contribution in [0, 0.1) is 12.8 Å². The molecule has 3 N–H and O–H groups in total. The highest BCUT2D eigenvalue weighted by Crippen LogP contribution is 2.38. The van der Waals surface area contributed by atoms with Crippen molar-refractivity contribution in [1.82, 2.24) is 15.3 Å². The molecule has 1 saturated carbocycles. The molecule has 0 bridgehead atoms. The highest BCUT2D eigenvalue weighted by Gasteiger charge is 2.45. The molecule has 1 aliphatic carbocycles. The predicted octanol–water partition coefficient (Wildman–Crippen LogP) is 1.51. The Morgan fingerprint density at radius 1 is 1.65 bits per heavy atom. The van der Waals surface area contributed by atoms with E-state index in [1.807, 2.05) is 20.0 Å². The zero-order valence-electron chi connectivity index (χ0n) is 12.1. The first-order valence-corrected chi connectivity index (χ1v) is 7.98. The molecule has 110 valence electrons. The summed E-state index contributed by atoms with van der Waals surface area (Å²) in [5.41, 5.74) is 6.06. The fourth-order valence-electron chi connectivity index (χ4n) is 3.03. The molecule has 1 heterocycles. The van der Waals surface area contributed by atoms with E-state index in [4.69, 9.17) is 5.73 Å². The van der Waals surface area contributed by atoms with Gasteiger partial charge in [-0.05, 0) is 45.2 Å². The lowest BCUT2D eigenvalue weighted by Crippen LogP contribution is -2.56. The Morgan fingerprint density at radius 2 is 2.45 bits per heavy atom. The second-order valence-corrected chi connectivity index (χ2v) is 6.35. The molecule has 0 saturated heterocycles. The number of likely N-dealkylation sites (N-methyl/N-ethyl adjacent to an activating group) is 1. The predicted molar refractivity (Wildman–Crippen MR) is 80.4 cm³/mol. The summed E-state index contributed by atoms with van der Waals surface area (Å²) in [6.45, 7) is 1.96. The number of hydrogen-bond donors (Lipinski definition) is 2. The Hall–Kier alpha value is -1.14. The zero-order chi connectivity index (χ0) is 14.6. The number of hydrogen-bond acceptors (Lipinski definition) is 5. The molecule has 1 aromatic heterocycles. The summed E-state index contributed by atoms with van der Waals surface area (Å²) in [6, 6.07) is 1.89. The fraction of sp³-hybridized carbons (Fsp3) is 0.643. The first-order valence-electron chi connectivity index (χ1n) is 7.00. The van der Waals surface area contributed by atoms with Crippen LogP contribution < -0.4 is 11.1 Å². The Bertz CT molecular complexity index is 482. The molecule has 6 heteroatoms. The van der Waals surface area contributed by atoms with Crippen LogP contribution in [0.1, 0.15) is 31.4 Å². The van der Waals surface area contributed by atoms with E-state index in [0.717, 1.165) is 42.3 Å². The Kier molecular flexibility index (Phi) is 4.99. The van der Waals surface area contributed by atoms with Gasteiger partial charge in [0.25, 0.3) is 0 Å². The van der Waals surface area contributed by atoms with Crippen molar-refractivity contribution in [3.05, 3.63) is 18.0 Å². The fourth-order valence-corrected chi connectivity index (χ4v) is 3.96. The minimum atomic E-state index is -0.520. The number of carbonyl (C=O) groups excluding carboxylic acids is 1. The summed E-state index contributed by atoms with van der Waals surface area (Å²) >= 11 is 1.64. The number of thioether (sulfide) groups is 1. The van der Waals surface area contributed by atoms with Crippen LogP contribution in [0.15, 0.2) is 17.4 Å². The molecule has 0 aliphatic heterocycles. The maximum absolute atomic E-state index is 11.8. The molecular formula is C14H22N4OS. The van der Waals surface area contributed by atoms with Gasteiger partial charge < -0.3 is 11.1 Å². The van der Waals surface area contributed by atoms with Gasteiger partial charge in [-0.3, -0.25) is 4.79 Å². The molecule has 20 heavy (non-hydrogen) atoms. The number of amides is 1. The topological polar surface area (TPSA) is 80.9 Å². The quantitative estimate of drug-likeness (QED) is 0.614. The lowest BCUT2D eigenvalue weighted by molar-refractivity contribution is -0.125. The van der Waals surface area contributed by atoms with Gasteiger partial charge in [-0.1, -0.05) is 18.2 Å². The summed E-state index contributed by atoms with van der Waals surface area (Å²) in [5.74, 6) is 0.992. The van der Waals surface area contributed by atoms with Gasteiger partial charge in [0.1, 0.15) is 5.54 Å². The van der Waals surface area contributed by atoms with Crippen molar-refractivity contribution in [3.8, 4) is 0 Å². The minimum Gasteiger partial charge on any atom is -0.368 e. The molecule has 1 fully saturated rings. The van der Waals surface area contributed by atoms with Crippen LogP contribution in [0.2, 0.25) is 0 Å². The summed E-state index contributed by atoms with van der Waals surface area (Å²) < 4.78 is 0. The number of primary amides is 1. The molecule has 1 aromatic rings. The van der Waals surface area contributed by atoms with E-state index in [-0.39, 0.29) is 5.91 Å². The van der Waals surface area contributed by atoms with Gasteiger partial charge in [0.2, 0.25) is 5.91 Å². The summed E-state index contributed by atoms with van der Waals surface area (Å²) in [5, 5.41) is 3.97. The minimum absolute atomic E-state index is 0.223. The van der Waals surface area contributed by atoms with Crippen molar-refractivity contribution in [3.63, 3.8) is 0 Å². The summed E-state index contributed by atoms with van der Waals surface area (Å²) in [7, 11) is 1.83. The second-order valence-electron chi connectivity index (χ2n) is 5.29. The first kappa shape index (κ1) is 15.3. The maximum Gasteiger partial charge on any atom is 0.238 e. The van der Waals surface area contributed by atoms with Crippen LogP contribution in [-0.2, 0) is 4.79 Å². The second kappa shape index (κ2) is 6.54. The monoisotopic (exact) mass is 294 g/mol. The lowest BCUT2D eigenvalue weighted by Gasteiger charge is -2.32. The highest BCUT2D eigenvalue weighted by atomic mass is 32.2. The average molecular weight is 294 g/mol. The summed E-state index contributed by atoms with van der Waals surface area (Å²) in [6.07, 6.45) is 5.68. The van der Waals surface area contributed by atoms with E-state index >= 15 is 0 Å². The zero-order valence-corrected chi connectivity index (χ0v) is 12.9. The number of aromatic nitrogens is 2. The van der Waals surface area contributed by atoms with Crippen LogP contribution in [-0.4, -0.2) is 34.2 Å². The van der Waals surface area contributed by atoms with Gasteiger partial charge in [-0.2, -0.15) is 0 Å². The van der Waals surface area contributed by atoms with Gasteiger partial charge in [0.15, 0.2) is 5.16 Å². The molecule has 0 radical (unpaired) electrons. The number of carbonyl (C=O) groups is 1. The third kappa shape index (κ3) is 3.12. The van der Waals surface area contributed by atoms with Crippen LogP contribution in [0.25, 0.3) is 0 Å². The molecule has 2 atom stereocenters. The van der Waals surface area contributed by atoms with E-state index in [9.17, 15) is 4.79 Å². The van der Waals surface area contributed by atoms with Crippen LogP contribution >= 0.6 is 11.8 Å². The molecule has 2 unspecified atom stereocenters. The van der Waals surface area contributed by atoms with Gasteiger partial charge in [-0.15, -0.1) is 0 Å². The molecular weight excluding hydrogens is 272 g/mol. The normalized spacial score (nSPS) is 25.8. The molecule has 5 nitrogen and oxygen atoms in total. The van der Waals surface area contributed by atoms with Gasteiger partial charge in [-0.25, -0.2) is 9.97 Å². The van der Waals surface area contributed by atoms with Crippen molar-refractivity contribution >= 4 is 17.7 Å². The van der Waals surface area contributed by atoms with Gasteiger partial charge in [0, 0.05) is 17.6 Å². The van der Waals surface area contributed by atoms with Crippen molar-refractivity contribution < 1.29 is 4.79 Å². The molecule has 1 aliphatic rings. The number of rotatable bonds is 6. The largest absolute Gasteiger partial charge is 0.368 e. The number of nitrogens with zero attached hydrogens (tertiary/aromatic N) is 2. The Morgan fingerprint density at radius 3 is 3.10 bits per heavy atom. The van der Waals surface area contributed by atoms with E-state index in [1.165, 1.54) is 0 Å². The van der Waals surface area contributed by atoms with Crippen LogP contribution in [0.3, 0.4) is 0 Å². The van der Waals surface area contributed by atoms with Gasteiger partial charge in [0.05, 0.1) is 0 Å². The first-order chi connectivity index (χ1) is 9.58. The van der Waals surface area contributed by atoms with Crippen molar-refractivity contribution in [1.29, 1.82) is 0 Å². The lowest BCUT2D eigenvalue weighted by atomic mass is 9.84. The van der Waals surface area contributed by atoms with Crippen molar-refractivity contribution in [2.24, 2.45) is 11.7 Å². The highest BCUT2D eigenvalue weighted by molar-refractivity contribution is 7.99. The number of nitrogens with two attached hydrogens (primary N) is 1. The van der Waals surface area contributed by atoms with Gasteiger partial charge >= 0.3 is 0 Å². The molecule has 0 spiro atoms. The third-order valence-electron chi connectivity index (χ3n) is 4.18. The average Bonchev–Trinajstić information content (AvgIpc) is 2.83. The Labute approximate surface area is 124 Å². The molecule has 0 aromatic carbocycles. The van der Waals surface area contributed by atoms with Crippen molar-refractivity contribution in [2.75, 3.05) is 12.8 Å². The van der Waals surface area contributed by atoms with Crippen LogP contribution in [0.5, 0.6) is 0 Å². The maximum atomic E-state index is 11.8. The van der Waals surface area contributed by atoms with E-state index in [2.05, 4.69) is 15.3 Å². The Balaban J connectivity index is 1.92. The van der Waals surface area contributed by atoms with E-state index < -0.39 is 5.54 Å².